The number of hydrogen-bond acceptors (Lipinski definition) is 9. The standard InChI is InChI=1S/C15H27N3O8/c1-10(2)13(19)26-16-14(3,4)11(8-24-17(20)21)7-12(15(16,5)6)9-25-18(22)23/h10-12H,7-9H2,1-6H3. The Hall–Kier alpha value is -2.17. The molecule has 1 aliphatic rings. The van der Waals surface area contributed by atoms with Crippen LogP contribution in [-0.4, -0.2) is 45.5 Å². The maximum Gasteiger partial charge on any atom is 0.327 e. The summed E-state index contributed by atoms with van der Waals surface area (Å²) in [6, 6.07) is 0. The van der Waals surface area contributed by atoms with Gasteiger partial charge < -0.3 is 14.5 Å². The molecule has 0 aliphatic carbocycles. The number of rotatable bonds is 8. The maximum atomic E-state index is 12.2. The third kappa shape index (κ3) is 4.93. The van der Waals surface area contributed by atoms with E-state index in [2.05, 4.69) is 9.68 Å². The lowest BCUT2D eigenvalue weighted by molar-refractivity contribution is -0.762. The van der Waals surface area contributed by atoms with Crippen molar-refractivity contribution in [2.75, 3.05) is 13.2 Å². The van der Waals surface area contributed by atoms with Crippen LogP contribution >= 0.6 is 0 Å². The molecule has 1 fully saturated rings. The lowest BCUT2D eigenvalue weighted by atomic mass is 9.68. The van der Waals surface area contributed by atoms with Crippen LogP contribution in [0.4, 0.5) is 0 Å². The first kappa shape index (κ1) is 21.9. The highest BCUT2D eigenvalue weighted by atomic mass is 17.0. The molecule has 2 atom stereocenters. The summed E-state index contributed by atoms with van der Waals surface area (Å²) >= 11 is 0. The van der Waals surface area contributed by atoms with Gasteiger partial charge in [0.15, 0.2) is 0 Å². The van der Waals surface area contributed by atoms with Crippen LogP contribution in [-0.2, 0) is 19.3 Å². The minimum Gasteiger partial charge on any atom is -0.367 e. The maximum absolute atomic E-state index is 12.2. The van der Waals surface area contributed by atoms with Crippen LogP contribution in [0.25, 0.3) is 0 Å². The van der Waals surface area contributed by atoms with Crippen LogP contribution < -0.4 is 0 Å². The molecule has 11 heteroatoms. The second-order valence-corrected chi connectivity index (χ2v) is 7.84. The van der Waals surface area contributed by atoms with Gasteiger partial charge in [0.05, 0.1) is 17.0 Å². The van der Waals surface area contributed by atoms with Gasteiger partial charge in [0, 0.05) is 11.8 Å². The molecule has 0 aromatic carbocycles. The van der Waals surface area contributed by atoms with Crippen LogP contribution in [0.3, 0.4) is 0 Å². The average molecular weight is 377 g/mol. The minimum absolute atomic E-state index is 0.221. The zero-order valence-corrected chi connectivity index (χ0v) is 16.0. The number of piperidine rings is 1. The van der Waals surface area contributed by atoms with Crippen molar-refractivity contribution in [3.63, 3.8) is 0 Å². The molecular weight excluding hydrogens is 350 g/mol. The smallest absolute Gasteiger partial charge is 0.327 e. The zero-order valence-electron chi connectivity index (χ0n) is 16.0. The van der Waals surface area contributed by atoms with Crippen molar-refractivity contribution < 1.29 is 29.5 Å². The van der Waals surface area contributed by atoms with Crippen molar-refractivity contribution in [2.24, 2.45) is 17.8 Å². The molecule has 1 heterocycles. The SMILES string of the molecule is CC(C)C(=O)ON1C(C)(C)C(CO[N+](=O)[O-])CC(CO[N+](=O)[O-])C1(C)C. The van der Waals surface area contributed by atoms with E-state index in [1.54, 1.807) is 41.5 Å². The molecule has 1 saturated heterocycles. The first-order valence-corrected chi connectivity index (χ1v) is 8.36. The van der Waals surface area contributed by atoms with E-state index in [4.69, 9.17) is 4.84 Å². The molecule has 1 rings (SSSR count). The molecule has 0 bridgehead atoms. The highest BCUT2D eigenvalue weighted by Gasteiger charge is 2.55. The lowest BCUT2D eigenvalue weighted by Gasteiger charge is -2.57. The molecule has 1 aliphatic heterocycles. The van der Waals surface area contributed by atoms with Gasteiger partial charge in [0.1, 0.15) is 13.2 Å². The van der Waals surface area contributed by atoms with Gasteiger partial charge in [-0.05, 0) is 34.1 Å². The summed E-state index contributed by atoms with van der Waals surface area (Å²) in [5.41, 5.74) is -1.59. The van der Waals surface area contributed by atoms with Gasteiger partial charge in [-0.25, -0.2) is 0 Å². The summed E-state index contributed by atoms with van der Waals surface area (Å²) in [6.07, 6.45) is 0.372. The summed E-state index contributed by atoms with van der Waals surface area (Å²) in [6.45, 7) is 10.1. The monoisotopic (exact) mass is 377 g/mol. The van der Waals surface area contributed by atoms with Crippen molar-refractivity contribution in [2.45, 2.75) is 59.0 Å². The van der Waals surface area contributed by atoms with Crippen molar-refractivity contribution in [1.82, 2.24) is 5.06 Å². The lowest BCUT2D eigenvalue weighted by Crippen LogP contribution is -2.67. The zero-order chi connectivity index (χ0) is 20.3. The van der Waals surface area contributed by atoms with E-state index in [1.807, 2.05) is 0 Å². The largest absolute Gasteiger partial charge is 0.367 e. The van der Waals surface area contributed by atoms with Crippen LogP contribution in [0.5, 0.6) is 0 Å². The highest BCUT2D eigenvalue weighted by Crippen LogP contribution is 2.46. The Kier molecular flexibility index (Phi) is 6.75. The quantitative estimate of drug-likeness (QED) is 0.459. The number of hydrogen-bond donors (Lipinski definition) is 0. The third-order valence-electron chi connectivity index (χ3n) is 5.03. The number of carbonyl (C=O) groups excluding carboxylic acids is 1. The molecule has 0 radical (unpaired) electrons. The average Bonchev–Trinajstić information content (AvgIpc) is 2.48. The summed E-state index contributed by atoms with van der Waals surface area (Å²) in [5, 5.41) is 20.9. The molecule has 0 N–H and O–H groups in total. The van der Waals surface area contributed by atoms with Gasteiger partial charge in [-0.3, -0.25) is 4.79 Å². The van der Waals surface area contributed by atoms with Crippen molar-refractivity contribution >= 4 is 5.97 Å². The van der Waals surface area contributed by atoms with Gasteiger partial charge in [0.25, 0.3) is 10.2 Å². The number of nitrogens with zero attached hydrogens (tertiary/aromatic N) is 3. The predicted octanol–water partition coefficient (Wildman–Crippen LogP) is 2.01. The Labute approximate surface area is 151 Å². The summed E-state index contributed by atoms with van der Waals surface area (Å²) in [5.74, 6) is -1.68. The molecule has 2 unspecified atom stereocenters. The van der Waals surface area contributed by atoms with Crippen LogP contribution in [0.1, 0.15) is 48.0 Å². The molecule has 150 valence electrons. The summed E-state index contributed by atoms with van der Waals surface area (Å²) < 4.78 is 0. The molecule has 0 aromatic rings. The molecule has 0 amide bonds. The fourth-order valence-corrected chi connectivity index (χ4v) is 3.27. The normalized spacial score (nSPS) is 24.7. The fraction of sp³-hybridized carbons (Fsp3) is 0.933. The molecule has 26 heavy (non-hydrogen) atoms. The first-order chi connectivity index (χ1) is 11.8. The van der Waals surface area contributed by atoms with Crippen molar-refractivity contribution in [1.29, 1.82) is 0 Å². The Morgan fingerprint density at radius 2 is 1.42 bits per heavy atom. The Balaban J connectivity index is 3.17. The second-order valence-electron chi connectivity index (χ2n) is 7.84. The molecular formula is C15H27N3O8. The minimum atomic E-state index is -0.886. The highest BCUT2D eigenvalue weighted by molar-refractivity contribution is 5.71. The van der Waals surface area contributed by atoms with Crippen LogP contribution in [0.2, 0.25) is 0 Å². The van der Waals surface area contributed by atoms with E-state index in [-0.39, 0.29) is 19.1 Å². The number of carbonyl (C=O) groups is 1. The van der Waals surface area contributed by atoms with Crippen LogP contribution in [0.15, 0.2) is 0 Å². The summed E-state index contributed by atoms with van der Waals surface area (Å²) in [7, 11) is 0. The topological polar surface area (TPSA) is 134 Å². The first-order valence-electron chi connectivity index (χ1n) is 8.36. The van der Waals surface area contributed by atoms with E-state index in [1.165, 1.54) is 5.06 Å². The third-order valence-corrected chi connectivity index (χ3v) is 5.03. The number of hydroxylamine groups is 2. The van der Waals surface area contributed by atoms with Gasteiger partial charge in [-0.1, -0.05) is 13.8 Å². The summed E-state index contributed by atoms with van der Waals surface area (Å²) in [4.78, 5) is 48.1. The van der Waals surface area contributed by atoms with Gasteiger partial charge in [-0.15, -0.1) is 25.3 Å². The van der Waals surface area contributed by atoms with Gasteiger partial charge in [-0.2, -0.15) is 0 Å². The predicted molar refractivity (Wildman–Crippen MR) is 88.4 cm³/mol. The van der Waals surface area contributed by atoms with Crippen molar-refractivity contribution in [3.8, 4) is 0 Å². The van der Waals surface area contributed by atoms with E-state index < -0.39 is 39.1 Å². The van der Waals surface area contributed by atoms with E-state index in [0.29, 0.717) is 6.42 Å². The van der Waals surface area contributed by atoms with Crippen LogP contribution in [0, 0.1) is 38.0 Å². The second kappa shape index (κ2) is 8.02. The molecule has 0 spiro atoms. The van der Waals surface area contributed by atoms with E-state index >= 15 is 0 Å². The molecule has 0 aromatic heterocycles. The molecule has 0 saturated carbocycles. The van der Waals surface area contributed by atoms with E-state index in [0.717, 1.165) is 0 Å². The Morgan fingerprint density at radius 3 is 1.73 bits per heavy atom. The Morgan fingerprint density at radius 1 is 1.04 bits per heavy atom. The van der Waals surface area contributed by atoms with E-state index in [9.17, 15) is 25.0 Å². The van der Waals surface area contributed by atoms with Crippen molar-refractivity contribution in [3.05, 3.63) is 20.2 Å². The van der Waals surface area contributed by atoms with Gasteiger partial charge in [0.2, 0.25) is 0 Å². The fourth-order valence-electron chi connectivity index (χ4n) is 3.27. The molecule has 11 nitrogen and oxygen atoms in total. The van der Waals surface area contributed by atoms with Gasteiger partial charge >= 0.3 is 5.97 Å². The Bertz CT molecular complexity index is 513.